The number of anilines is 1. The van der Waals surface area contributed by atoms with Crippen molar-refractivity contribution in [3.63, 3.8) is 0 Å². The molecule has 0 spiro atoms. The summed E-state index contributed by atoms with van der Waals surface area (Å²) in [6, 6.07) is 5.26. The molecule has 0 aliphatic carbocycles. The van der Waals surface area contributed by atoms with Crippen LogP contribution >= 0.6 is 15.9 Å². The van der Waals surface area contributed by atoms with Crippen molar-refractivity contribution >= 4 is 27.5 Å². The Labute approximate surface area is 96.9 Å². The molecule has 4 nitrogen and oxygen atoms in total. The number of benzene rings is 1. The standard InChI is InChI=1S/C10H13BrN2O2/c1-2-13-10(14)6-15-9-4-3-7(11)5-8(9)12/h3-5H,2,6,12H2,1H3,(H,13,14). The van der Waals surface area contributed by atoms with Gasteiger partial charge in [0.25, 0.3) is 5.91 Å². The topological polar surface area (TPSA) is 64.3 Å². The molecule has 3 N–H and O–H groups in total. The Hall–Kier alpha value is -1.23. The smallest absolute Gasteiger partial charge is 0.257 e. The fraction of sp³-hybridized carbons (Fsp3) is 0.300. The maximum absolute atomic E-state index is 11.1. The third kappa shape index (κ3) is 3.79. The van der Waals surface area contributed by atoms with Gasteiger partial charge in [-0.3, -0.25) is 4.79 Å². The van der Waals surface area contributed by atoms with E-state index in [-0.39, 0.29) is 12.5 Å². The summed E-state index contributed by atoms with van der Waals surface area (Å²) in [5, 5.41) is 2.63. The number of hydrogen-bond acceptors (Lipinski definition) is 3. The predicted molar refractivity (Wildman–Crippen MR) is 62.7 cm³/mol. The van der Waals surface area contributed by atoms with Crippen LogP contribution < -0.4 is 15.8 Å². The molecule has 5 heteroatoms. The Morgan fingerprint density at radius 2 is 2.33 bits per heavy atom. The largest absolute Gasteiger partial charge is 0.482 e. The molecule has 0 atom stereocenters. The van der Waals surface area contributed by atoms with Crippen molar-refractivity contribution in [2.75, 3.05) is 18.9 Å². The molecule has 0 bridgehead atoms. The van der Waals surface area contributed by atoms with E-state index in [1.807, 2.05) is 13.0 Å². The molecule has 1 aromatic carbocycles. The zero-order chi connectivity index (χ0) is 11.3. The van der Waals surface area contributed by atoms with Gasteiger partial charge in [-0.05, 0) is 25.1 Å². The fourth-order valence-corrected chi connectivity index (χ4v) is 1.42. The first-order valence-electron chi connectivity index (χ1n) is 4.58. The summed E-state index contributed by atoms with van der Waals surface area (Å²) in [6.07, 6.45) is 0. The summed E-state index contributed by atoms with van der Waals surface area (Å²) in [5.74, 6) is 0.365. The summed E-state index contributed by atoms with van der Waals surface area (Å²) in [7, 11) is 0. The lowest BCUT2D eigenvalue weighted by atomic mass is 10.3. The first-order chi connectivity index (χ1) is 7.13. The van der Waals surface area contributed by atoms with Crippen molar-refractivity contribution in [3.05, 3.63) is 22.7 Å². The number of nitrogens with one attached hydrogen (secondary N) is 1. The van der Waals surface area contributed by atoms with E-state index in [0.29, 0.717) is 18.0 Å². The van der Waals surface area contributed by atoms with Gasteiger partial charge in [-0.25, -0.2) is 0 Å². The van der Waals surface area contributed by atoms with E-state index < -0.39 is 0 Å². The van der Waals surface area contributed by atoms with Crippen LogP contribution in [0.15, 0.2) is 22.7 Å². The average molecular weight is 273 g/mol. The second-order valence-electron chi connectivity index (χ2n) is 2.92. The highest BCUT2D eigenvalue weighted by atomic mass is 79.9. The molecule has 0 saturated heterocycles. The number of carbonyl (C=O) groups excluding carboxylic acids is 1. The zero-order valence-electron chi connectivity index (χ0n) is 8.42. The van der Waals surface area contributed by atoms with Gasteiger partial charge >= 0.3 is 0 Å². The molecule has 0 unspecified atom stereocenters. The molecule has 0 aliphatic rings. The minimum Gasteiger partial charge on any atom is -0.482 e. The van der Waals surface area contributed by atoms with E-state index in [2.05, 4.69) is 21.2 Å². The van der Waals surface area contributed by atoms with Crippen molar-refractivity contribution in [2.24, 2.45) is 0 Å². The lowest BCUT2D eigenvalue weighted by molar-refractivity contribution is -0.122. The van der Waals surface area contributed by atoms with Crippen LogP contribution in [0.3, 0.4) is 0 Å². The first kappa shape index (κ1) is 11.8. The van der Waals surface area contributed by atoms with Crippen molar-refractivity contribution in [1.82, 2.24) is 5.32 Å². The molecule has 0 radical (unpaired) electrons. The van der Waals surface area contributed by atoms with Crippen molar-refractivity contribution in [2.45, 2.75) is 6.92 Å². The van der Waals surface area contributed by atoms with Crippen LogP contribution in [-0.4, -0.2) is 19.1 Å². The van der Waals surface area contributed by atoms with E-state index in [0.717, 1.165) is 4.47 Å². The third-order valence-corrected chi connectivity index (χ3v) is 2.20. The maximum Gasteiger partial charge on any atom is 0.257 e. The van der Waals surface area contributed by atoms with Gasteiger partial charge in [-0.1, -0.05) is 15.9 Å². The van der Waals surface area contributed by atoms with Gasteiger partial charge in [-0.2, -0.15) is 0 Å². The minimum absolute atomic E-state index is 0.0142. The molecule has 0 saturated carbocycles. The average Bonchev–Trinajstić information content (AvgIpc) is 2.17. The van der Waals surface area contributed by atoms with Gasteiger partial charge in [0, 0.05) is 11.0 Å². The molecule has 0 aromatic heterocycles. The quantitative estimate of drug-likeness (QED) is 0.818. The van der Waals surface area contributed by atoms with Crippen molar-refractivity contribution in [1.29, 1.82) is 0 Å². The number of hydrogen-bond donors (Lipinski definition) is 2. The van der Waals surface area contributed by atoms with Gasteiger partial charge < -0.3 is 15.8 Å². The second-order valence-corrected chi connectivity index (χ2v) is 3.84. The predicted octanol–water partition coefficient (Wildman–Crippen LogP) is 1.55. The SMILES string of the molecule is CCNC(=O)COc1ccc(Br)cc1N. The molecular weight excluding hydrogens is 260 g/mol. The fourth-order valence-electron chi connectivity index (χ4n) is 1.04. The summed E-state index contributed by atoms with van der Waals surface area (Å²) in [6.45, 7) is 2.43. The highest BCUT2D eigenvalue weighted by Crippen LogP contribution is 2.24. The van der Waals surface area contributed by atoms with E-state index in [1.165, 1.54) is 0 Å². The van der Waals surface area contributed by atoms with E-state index >= 15 is 0 Å². The summed E-state index contributed by atoms with van der Waals surface area (Å²) in [4.78, 5) is 11.1. The number of carbonyl (C=O) groups is 1. The van der Waals surface area contributed by atoms with Crippen LogP contribution in [0, 0.1) is 0 Å². The lowest BCUT2D eigenvalue weighted by Gasteiger charge is -2.08. The van der Waals surface area contributed by atoms with E-state index in [9.17, 15) is 4.79 Å². The first-order valence-corrected chi connectivity index (χ1v) is 5.37. The second kappa shape index (κ2) is 5.60. The van der Waals surface area contributed by atoms with Crippen LogP contribution in [0.5, 0.6) is 5.75 Å². The number of halogens is 1. The normalized spacial score (nSPS) is 9.73. The molecule has 1 rings (SSSR count). The Bertz CT molecular complexity index is 355. The van der Waals surface area contributed by atoms with Crippen LogP contribution in [0.1, 0.15) is 6.92 Å². The van der Waals surface area contributed by atoms with Gasteiger partial charge in [-0.15, -0.1) is 0 Å². The molecule has 1 aromatic rings. The Morgan fingerprint density at radius 3 is 2.93 bits per heavy atom. The molecule has 0 aliphatic heterocycles. The Morgan fingerprint density at radius 1 is 1.60 bits per heavy atom. The Balaban J connectivity index is 2.54. The van der Waals surface area contributed by atoms with E-state index in [4.69, 9.17) is 10.5 Å². The van der Waals surface area contributed by atoms with Crippen LogP contribution in [0.2, 0.25) is 0 Å². The highest BCUT2D eigenvalue weighted by molar-refractivity contribution is 9.10. The van der Waals surface area contributed by atoms with Crippen LogP contribution in [0.25, 0.3) is 0 Å². The van der Waals surface area contributed by atoms with Gasteiger partial charge in [0.2, 0.25) is 0 Å². The lowest BCUT2D eigenvalue weighted by Crippen LogP contribution is -2.28. The number of nitrogen functional groups attached to an aromatic ring is 1. The van der Waals surface area contributed by atoms with Crippen LogP contribution in [-0.2, 0) is 4.79 Å². The summed E-state index contributed by atoms with van der Waals surface area (Å²) < 4.78 is 6.13. The number of ether oxygens (including phenoxy) is 1. The number of amides is 1. The summed E-state index contributed by atoms with van der Waals surface area (Å²) >= 11 is 3.29. The third-order valence-electron chi connectivity index (χ3n) is 1.70. The van der Waals surface area contributed by atoms with Gasteiger partial charge in [0.1, 0.15) is 5.75 Å². The monoisotopic (exact) mass is 272 g/mol. The molecule has 0 fully saturated rings. The molecule has 1 amide bonds. The Kier molecular flexibility index (Phi) is 4.42. The zero-order valence-corrected chi connectivity index (χ0v) is 10.0. The maximum atomic E-state index is 11.1. The number of nitrogens with two attached hydrogens (primary N) is 1. The molecule has 82 valence electrons. The molecule has 15 heavy (non-hydrogen) atoms. The number of likely N-dealkylation sites (N-methyl/N-ethyl adjacent to an activating group) is 1. The summed E-state index contributed by atoms with van der Waals surface area (Å²) in [5.41, 5.74) is 6.20. The molecule has 0 heterocycles. The van der Waals surface area contributed by atoms with Crippen molar-refractivity contribution < 1.29 is 9.53 Å². The minimum atomic E-state index is -0.153. The number of rotatable bonds is 4. The van der Waals surface area contributed by atoms with E-state index in [1.54, 1.807) is 12.1 Å². The van der Waals surface area contributed by atoms with Gasteiger partial charge in [0.15, 0.2) is 6.61 Å². The van der Waals surface area contributed by atoms with Crippen molar-refractivity contribution in [3.8, 4) is 5.75 Å². The molecular formula is C10H13BrN2O2. The van der Waals surface area contributed by atoms with Crippen LogP contribution in [0.4, 0.5) is 5.69 Å². The highest BCUT2D eigenvalue weighted by Gasteiger charge is 2.04. The van der Waals surface area contributed by atoms with Gasteiger partial charge in [0.05, 0.1) is 5.69 Å².